The topological polar surface area (TPSA) is 0 Å². The Labute approximate surface area is 97.7 Å². The van der Waals surface area contributed by atoms with Crippen LogP contribution in [0.1, 0.15) is 11.1 Å². The number of halogens is 2. The van der Waals surface area contributed by atoms with Crippen molar-refractivity contribution in [3.8, 4) is 0 Å². The average Bonchev–Trinajstić information content (AvgIpc) is 2.03. The van der Waals surface area contributed by atoms with E-state index in [2.05, 4.69) is 45.4 Å². The summed E-state index contributed by atoms with van der Waals surface area (Å²) < 4.78 is 0.959. The van der Waals surface area contributed by atoms with Crippen molar-refractivity contribution in [1.29, 1.82) is 0 Å². The van der Waals surface area contributed by atoms with Crippen molar-refractivity contribution in [2.45, 2.75) is 12.4 Å². The Kier molecular flexibility index (Phi) is 5.50. The maximum absolute atomic E-state index is 5.71. The van der Waals surface area contributed by atoms with Crippen molar-refractivity contribution in [3.63, 3.8) is 0 Å². The lowest BCUT2D eigenvalue weighted by molar-refractivity contribution is -0.884. The minimum Gasteiger partial charge on any atom is -1.00 e. The maximum atomic E-state index is 5.71. The molecule has 0 unspecified atom stereocenters. The van der Waals surface area contributed by atoms with E-state index in [1.54, 1.807) is 0 Å². The normalized spacial score (nSPS) is 10.9. The van der Waals surface area contributed by atoms with Crippen molar-refractivity contribution in [1.82, 2.24) is 0 Å². The van der Waals surface area contributed by atoms with Gasteiger partial charge in [-0.25, -0.2) is 0 Å². The van der Waals surface area contributed by atoms with Crippen LogP contribution in [0, 0.1) is 0 Å². The standard InChI is InChI=1S/C11H17ClN.ClH/c1-13(2,3)9-11-6-4-10(8-12)5-7-11;/h4-7H,8-9H2,1-3H3;1H/q+1;/p-1. The molecule has 80 valence electrons. The smallest absolute Gasteiger partial charge is 0.104 e. The highest BCUT2D eigenvalue weighted by atomic mass is 35.5. The molecule has 0 aliphatic carbocycles. The van der Waals surface area contributed by atoms with Crippen LogP contribution >= 0.6 is 11.6 Å². The summed E-state index contributed by atoms with van der Waals surface area (Å²) in [5.41, 5.74) is 2.55. The predicted molar refractivity (Wildman–Crippen MR) is 57.7 cm³/mol. The molecule has 0 saturated carbocycles. The number of rotatable bonds is 3. The van der Waals surface area contributed by atoms with E-state index in [1.165, 1.54) is 11.1 Å². The van der Waals surface area contributed by atoms with Gasteiger partial charge >= 0.3 is 0 Å². The highest BCUT2D eigenvalue weighted by molar-refractivity contribution is 6.17. The Hall–Kier alpha value is -0.240. The third-order valence-electron chi connectivity index (χ3n) is 1.83. The van der Waals surface area contributed by atoms with Crippen LogP contribution in [0.4, 0.5) is 0 Å². The molecule has 0 bridgehead atoms. The van der Waals surface area contributed by atoms with Crippen molar-refractivity contribution in [2.24, 2.45) is 0 Å². The monoisotopic (exact) mass is 233 g/mol. The fourth-order valence-electron chi connectivity index (χ4n) is 1.28. The summed E-state index contributed by atoms with van der Waals surface area (Å²) in [7, 11) is 6.57. The third kappa shape index (κ3) is 4.85. The van der Waals surface area contributed by atoms with E-state index in [4.69, 9.17) is 11.6 Å². The second-order valence-electron chi connectivity index (χ2n) is 4.40. The van der Waals surface area contributed by atoms with Gasteiger partial charge in [0.2, 0.25) is 0 Å². The molecule has 1 nitrogen and oxygen atoms in total. The van der Waals surface area contributed by atoms with Crippen LogP contribution in [-0.4, -0.2) is 25.6 Å². The van der Waals surface area contributed by atoms with E-state index in [0.717, 1.165) is 11.0 Å². The van der Waals surface area contributed by atoms with E-state index in [1.807, 2.05) is 0 Å². The molecule has 1 aromatic carbocycles. The Morgan fingerprint density at radius 2 is 1.43 bits per heavy atom. The van der Waals surface area contributed by atoms with Gasteiger partial charge < -0.3 is 16.9 Å². The lowest BCUT2D eigenvalue weighted by Crippen LogP contribution is -3.00. The van der Waals surface area contributed by atoms with Gasteiger partial charge in [0.15, 0.2) is 0 Å². The number of hydrogen-bond acceptors (Lipinski definition) is 0. The van der Waals surface area contributed by atoms with Crippen LogP contribution in [0.2, 0.25) is 0 Å². The summed E-state index contributed by atoms with van der Waals surface area (Å²) >= 11 is 5.71. The fourth-order valence-corrected chi connectivity index (χ4v) is 1.46. The summed E-state index contributed by atoms with van der Waals surface area (Å²) in [6.07, 6.45) is 0. The molecule has 0 N–H and O–H groups in total. The van der Waals surface area contributed by atoms with E-state index < -0.39 is 0 Å². The second-order valence-corrected chi connectivity index (χ2v) is 4.67. The van der Waals surface area contributed by atoms with Crippen molar-refractivity contribution < 1.29 is 16.9 Å². The Morgan fingerprint density at radius 3 is 1.79 bits per heavy atom. The number of alkyl halides is 1. The maximum Gasteiger partial charge on any atom is 0.104 e. The van der Waals surface area contributed by atoms with Gasteiger partial charge in [0.1, 0.15) is 6.54 Å². The first-order valence-electron chi connectivity index (χ1n) is 4.45. The average molecular weight is 234 g/mol. The van der Waals surface area contributed by atoms with Crippen molar-refractivity contribution in [3.05, 3.63) is 35.4 Å². The first-order valence-corrected chi connectivity index (χ1v) is 4.99. The number of quaternary nitrogens is 1. The highest BCUT2D eigenvalue weighted by Gasteiger charge is 2.07. The van der Waals surface area contributed by atoms with Crippen LogP contribution in [0.15, 0.2) is 24.3 Å². The number of hydrogen-bond donors (Lipinski definition) is 0. The van der Waals surface area contributed by atoms with Crippen LogP contribution < -0.4 is 12.4 Å². The molecule has 3 heteroatoms. The second kappa shape index (κ2) is 5.59. The molecule has 0 aromatic heterocycles. The molecule has 0 spiro atoms. The van der Waals surface area contributed by atoms with E-state index >= 15 is 0 Å². The van der Waals surface area contributed by atoms with E-state index in [9.17, 15) is 0 Å². The van der Waals surface area contributed by atoms with Gasteiger partial charge in [0.25, 0.3) is 0 Å². The zero-order valence-electron chi connectivity index (χ0n) is 8.93. The molecule has 1 rings (SSSR count). The lowest BCUT2D eigenvalue weighted by Gasteiger charge is -2.23. The quantitative estimate of drug-likeness (QED) is 0.495. The summed E-state index contributed by atoms with van der Waals surface area (Å²) in [6, 6.07) is 8.50. The highest BCUT2D eigenvalue weighted by Crippen LogP contribution is 2.10. The molecule has 0 fully saturated rings. The van der Waals surface area contributed by atoms with Crippen LogP contribution in [0.5, 0.6) is 0 Å². The fraction of sp³-hybridized carbons (Fsp3) is 0.455. The third-order valence-corrected chi connectivity index (χ3v) is 2.14. The Balaban J connectivity index is 0.00000169. The van der Waals surface area contributed by atoms with Crippen LogP contribution in [0.3, 0.4) is 0 Å². The van der Waals surface area contributed by atoms with Gasteiger partial charge in [0, 0.05) is 11.4 Å². The molecule has 0 heterocycles. The first kappa shape index (κ1) is 13.8. The largest absolute Gasteiger partial charge is 1.00 e. The predicted octanol–water partition coefficient (Wildman–Crippen LogP) is -0.364. The minimum atomic E-state index is 0. The molecular formula is C11H17Cl2N. The van der Waals surface area contributed by atoms with Gasteiger partial charge in [0.05, 0.1) is 21.1 Å². The zero-order chi connectivity index (χ0) is 9.90. The van der Waals surface area contributed by atoms with Crippen molar-refractivity contribution >= 4 is 11.6 Å². The van der Waals surface area contributed by atoms with Crippen LogP contribution in [-0.2, 0) is 12.4 Å². The summed E-state index contributed by atoms with van der Waals surface area (Å²) in [5.74, 6) is 0.602. The Bertz CT molecular complexity index is 262. The molecule has 1 aromatic rings. The van der Waals surface area contributed by atoms with Gasteiger partial charge in [-0.15, -0.1) is 11.6 Å². The number of benzene rings is 1. The number of nitrogens with zero attached hydrogens (tertiary/aromatic N) is 1. The van der Waals surface area contributed by atoms with E-state index in [0.29, 0.717) is 5.88 Å². The summed E-state index contributed by atoms with van der Waals surface area (Å²) in [6.45, 7) is 1.06. The molecule has 0 amide bonds. The van der Waals surface area contributed by atoms with Crippen molar-refractivity contribution in [2.75, 3.05) is 21.1 Å². The molecule has 0 radical (unpaired) electrons. The summed E-state index contributed by atoms with van der Waals surface area (Å²) in [4.78, 5) is 0. The molecule has 0 saturated heterocycles. The SMILES string of the molecule is C[N+](C)(C)Cc1ccc(CCl)cc1.[Cl-]. The van der Waals surface area contributed by atoms with Gasteiger partial charge in [-0.3, -0.25) is 0 Å². The molecule has 14 heavy (non-hydrogen) atoms. The van der Waals surface area contributed by atoms with E-state index in [-0.39, 0.29) is 12.4 Å². The first-order chi connectivity index (χ1) is 6.01. The van der Waals surface area contributed by atoms with Crippen LogP contribution in [0.25, 0.3) is 0 Å². The lowest BCUT2D eigenvalue weighted by atomic mass is 10.1. The molecule has 0 aliphatic heterocycles. The molecule has 0 aliphatic rings. The molecule has 0 atom stereocenters. The Morgan fingerprint density at radius 1 is 1.00 bits per heavy atom. The van der Waals surface area contributed by atoms with Gasteiger partial charge in [-0.2, -0.15) is 0 Å². The molecular weight excluding hydrogens is 217 g/mol. The van der Waals surface area contributed by atoms with Gasteiger partial charge in [-0.05, 0) is 5.56 Å². The summed E-state index contributed by atoms with van der Waals surface area (Å²) in [5, 5.41) is 0. The minimum absolute atomic E-state index is 0. The zero-order valence-corrected chi connectivity index (χ0v) is 10.4. The van der Waals surface area contributed by atoms with Gasteiger partial charge in [-0.1, -0.05) is 24.3 Å².